The molecule has 0 bridgehead atoms. The molecule has 118 heavy (non-hydrogen) atoms. The Morgan fingerprint density at radius 1 is 0.280 bits per heavy atom. The van der Waals surface area contributed by atoms with Gasteiger partial charge in [-0.3, -0.25) is 9.98 Å². The zero-order chi connectivity index (χ0) is 69.2. The van der Waals surface area contributed by atoms with Gasteiger partial charge in [-0.15, -0.1) is 39.6 Å². The minimum absolute atomic E-state index is 0. The molecule has 0 spiro atoms. The first-order chi connectivity index (χ1) is 45.2. The van der Waals surface area contributed by atoms with Crippen molar-refractivity contribution < 1.29 is 305 Å². The third-order valence-corrected chi connectivity index (χ3v) is 18.6. The first-order valence-corrected chi connectivity index (χ1v) is 38.0. The normalized spacial score (nSPS) is 11.1. The Morgan fingerprint density at radius 2 is 0.424 bits per heavy atom. The number of rotatable bonds is 48. The standard InChI is InChI=1S/3C16H36N.2C14H17BNO5.Mn.6Mo.18O/c3*1-5-9-13-17(14-10-6-2,15-11-7-3)16-12-8-4;2*17-9-14(10-18,11-19)16-8-12-4-1-2-5-13(12)15-20-6-3-7-21-15;;;;;;;;;;;;;;;;;;;;;;;;;/h3*5-16H2,1-4H3;2*1-2,4-5,8H,3,6-7,9-11H2;;;;;;;;;;;;;;;;;;;;;;;;;/q3*+1;2*-3;;;;;;;;18*-2. The summed E-state index contributed by atoms with van der Waals surface area (Å²) in [6, 6.07) is 14.5. The molecule has 33 nitrogen and oxygen atoms in total. The van der Waals surface area contributed by atoms with Crippen LogP contribution in [0.4, 0.5) is 0 Å². The second-order valence-electron chi connectivity index (χ2n) is 26.9. The largest absolute Gasteiger partial charge is 2.00 e. The van der Waals surface area contributed by atoms with Gasteiger partial charge in [-0.2, -0.15) is 0 Å². The average Bonchev–Trinajstić information content (AvgIpc) is 0.840. The number of unbranched alkanes of at least 4 members (excludes halogenated alkanes) is 12. The Balaban J connectivity index is -0.0000000356. The van der Waals surface area contributed by atoms with Gasteiger partial charge in [0.25, 0.3) is 0 Å². The fourth-order valence-corrected chi connectivity index (χ4v) is 11.8. The van der Waals surface area contributed by atoms with E-state index in [9.17, 15) is 30.6 Å². The molecular weight excluding hydrogens is 2080 g/mol. The van der Waals surface area contributed by atoms with Gasteiger partial charge in [-0.1, -0.05) is 209 Å². The van der Waals surface area contributed by atoms with Gasteiger partial charge >= 0.3 is 14.2 Å². The van der Waals surface area contributed by atoms with Crippen LogP contribution in [0.15, 0.2) is 58.5 Å². The predicted molar refractivity (Wildman–Crippen MR) is 397 cm³/mol. The number of hydrogen-bond donors (Lipinski definition) is 0. The Morgan fingerprint density at radius 3 is 0.559 bits per heavy atom. The van der Waals surface area contributed by atoms with E-state index in [1.54, 1.807) is 24.3 Å². The summed E-state index contributed by atoms with van der Waals surface area (Å²) in [5.74, 6) is 0. The Kier molecular flexibility index (Phi) is 206. The van der Waals surface area contributed by atoms with Gasteiger partial charge < -0.3 is 161 Å². The number of hydrogen-bond acceptors (Lipinski definition) is 12. The van der Waals surface area contributed by atoms with Gasteiger partial charge in [0.05, 0.1) is 78.5 Å². The summed E-state index contributed by atoms with van der Waals surface area (Å²) in [6.07, 6.45) is 37.7. The van der Waals surface area contributed by atoms with Gasteiger partial charge in [-0.05, 0) is 112 Å². The van der Waals surface area contributed by atoms with Crippen LogP contribution in [0, 0.1) is 0 Å². The Bertz CT molecular complexity index is 1820. The van der Waals surface area contributed by atoms with Crippen molar-refractivity contribution in [3.8, 4) is 0 Å². The van der Waals surface area contributed by atoms with Gasteiger partial charge in [0.1, 0.15) is 0 Å². The maximum absolute atomic E-state index is 11.1. The summed E-state index contributed by atoms with van der Waals surface area (Å²) < 4.78 is 26.4. The molecule has 1 radical (unpaired) electrons. The number of aliphatic imine (C=N–C) groups is 2. The average molecular weight is 2230 g/mol. The van der Waals surface area contributed by atoms with Crippen LogP contribution in [0.3, 0.4) is 0 Å². The van der Waals surface area contributed by atoms with Crippen LogP contribution in [-0.2, 0) is 261 Å². The molecule has 2 heterocycles. The SMILES string of the molecule is CCCC[N+](CCCC)(CCCC)CCCC.CCCC[N+](CCCC)(CCCC)CCCC.CCCC[N+](CCCC)(CCCC)CCCC.[Mn].[Mo].[Mo].[Mo].[Mo].[Mo].[Mo].[O-2].[O-2].[O-2].[O-2].[O-2].[O-2].[O-2].[O-2].[O-2].[O-2].[O-2].[O-2].[O-2].[O-2].[O-2].[O-2].[O-2].[O-2].[O-]CC(C[O-])(C[O-])N=Cc1ccccc1B1OCCCO1.[O-]CC(C[O-])(C[O-])N=Cc1ccccc1B1OCCCO1. The fourth-order valence-electron chi connectivity index (χ4n) is 11.8. The van der Waals surface area contributed by atoms with Crippen LogP contribution in [0.5, 0.6) is 0 Å². The Hall–Kier alpha value is 1.32. The third kappa shape index (κ3) is 84.2. The molecule has 2 saturated heterocycles. The number of benzene rings is 2. The molecule has 0 aromatic heterocycles. The molecule has 2 aromatic rings. The van der Waals surface area contributed by atoms with E-state index in [0.717, 1.165) is 23.8 Å². The van der Waals surface area contributed by atoms with Crippen molar-refractivity contribution in [2.24, 2.45) is 9.98 Å². The van der Waals surface area contributed by atoms with Crippen molar-refractivity contribution in [2.45, 2.75) is 261 Å². The zero-order valence-electron chi connectivity index (χ0n) is 72.4. The minimum atomic E-state index is -1.61. The van der Waals surface area contributed by atoms with E-state index in [0.29, 0.717) is 37.6 Å². The van der Waals surface area contributed by atoms with Crippen molar-refractivity contribution >= 4 is 37.6 Å². The molecule has 0 N–H and O–H groups in total. The first kappa shape index (κ1) is 192. The van der Waals surface area contributed by atoms with Crippen molar-refractivity contribution in [3.05, 3.63) is 59.7 Å². The van der Waals surface area contributed by atoms with Gasteiger partial charge in [-0.25, -0.2) is 0 Å². The second kappa shape index (κ2) is 127. The molecule has 2 aliphatic rings. The molecule has 0 atom stereocenters. The molecule has 4 rings (SSSR count). The maximum atomic E-state index is 11.1. The summed E-state index contributed by atoms with van der Waals surface area (Å²) in [7, 11) is -0.967. The fraction of sp³-hybridized carbons (Fsp3) is 0.816. The van der Waals surface area contributed by atoms with Crippen molar-refractivity contribution in [3.63, 3.8) is 0 Å². The van der Waals surface area contributed by atoms with Gasteiger partial charge in [0, 0.05) is 193 Å². The third-order valence-electron chi connectivity index (χ3n) is 18.6. The van der Waals surface area contributed by atoms with Crippen LogP contribution in [0.1, 0.15) is 261 Å². The summed E-state index contributed by atoms with van der Waals surface area (Å²) in [4.78, 5) is 7.93. The van der Waals surface area contributed by atoms with E-state index in [4.69, 9.17) is 18.6 Å². The van der Waals surface area contributed by atoms with E-state index in [2.05, 4.69) is 93.1 Å². The quantitative estimate of drug-likeness (QED) is 0.0372. The van der Waals surface area contributed by atoms with E-state index < -0.39 is 65.0 Å². The summed E-state index contributed by atoms with van der Waals surface area (Å²) in [6.45, 7) is 42.6. The number of nitrogens with zero attached hydrogens (tertiary/aromatic N) is 5. The van der Waals surface area contributed by atoms with Gasteiger partial charge in [0.15, 0.2) is 0 Å². The van der Waals surface area contributed by atoms with Crippen LogP contribution in [-0.4, -0.2) is 196 Å². The molecule has 2 aliphatic heterocycles. The van der Waals surface area contributed by atoms with Crippen molar-refractivity contribution in [2.75, 3.05) is 145 Å². The summed E-state index contributed by atoms with van der Waals surface area (Å²) in [5.41, 5.74) is -0.300. The summed E-state index contributed by atoms with van der Waals surface area (Å²) in [5, 5.41) is 66.4. The van der Waals surface area contributed by atoms with E-state index in [1.165, 1.54) is 259 Å². The molecule has 0 amide bonds. The van der Waals surface area contributed by atoms with Crippen molar-refractivity contribution in [1.29, 1.82) is 0 Å². The van der Waals surface area contributed by atoms with E-state index in [-0.39, 0.29) is 242 Å². The summed E-state index contributed by atoms with van der Waals surface area (Å²) >= 11 is 0. The molecule has 2 fully saturated rings. The predicted octanol–water partition coefficient (Wildman–Crippen LogP) is 6.97. The molecule has 0 aliphatic carbocycles. The van der Waals surface area contributed by atoms with E-state index in [1.807, 2.05) is 24.3 Å². The van der Waals surface area contributed by atoms with Crippen LogP contribution < -0.4 is 41.6 Å². The topological polar surface area (TPSA) is 713 Å². The van der Waals surface area contributed by atoms with Gasteiger partial charge in [0.2, 0.25) is 0 Å². The maximum Gasteiger partial charge on any atom is 0.494 e. The van der Waals surface area contributed by atoms with Crippen LogP contribution >= 0.6 is 0 Å². The van der Waals surface area contributed by atoms with Crippen LogP contribution in [0.2, 0.25) is 0 Å². The van der Waals surface area contributed by atoms with E-state index >= 15 is 0 Å². The molecule has 0 saturated carbocycles. The zero-order valence-corrected chi connectivity index (χ0v) is 85.6. The number of quaternary nitrogens is 3. The molecule has 0 unspecified atom stereocenters. The smallest absolute Gasteiger partial charge is 0.494 e. The van der Waals surface area contributed by atoms with Crippen LogP contribution in [0.25, 0.3) is 0 Å². The monoisotopic (exact) mass is 2240 g/mol. The first-order valence-electron chi connectivity index (χ1n) is 38.0. The molecule has 2 aromatic carbocycles. The Labute approximate surface area is 810 Å². The molecule has 42 heteroatoms. The minimum Gasteiger partial charge on any atom is -2.00 e. The second-order valence-corrected chi connectivity index (χ2v) is 26.9. The molecular formula is C76H142B2MnMo6N5O28-39. The molecule has 727 valence electrons. The van der Waals surface area contributed by atoms with Crippen molar-refractivity contribution in [1.82, 2.24) is 0 Å².